The number of aryl methyl sites for hydroxylation is 1. The van der Waals surface area contributed by atoms with Crippen molar-refractivity contribution in [2.45, 2.75) is 13.5 Å². The molecular weight excluding hydrogens is 292 g/mol. The molecule has 0 atom stereocenters. The highest BCUT2D eigenvalue weighted by molar-refractivity contribution is 5.90. The molecule has 0 radical (unpaired) electrons. The van der Waals surface area contributed by atoms with E-state index in [1.165, 1.54) is 6.07 Å². The van der Waals surface area contributed by atoms with Crippen LogP contribution in [0.4, 0.5) is 10.5 Å². The van der Waals surface area contributed by atoms with Crippen LogP contribution in [0.2, 0.25) is 0 Å². The summed E-state index contributed by atoms with van der Waals surface area (Å²) in [6, 6.07) is 16.3. The number of hydrogen-bond donors (Lipinski definition) is 2. The average Bonchev–Trinajstić information content (AvgIpc) is 2.54. The van der Waals surface area contributed by atoms with E-state index >= 15 is 0 Å². The SMILES string of the molecule is Cc1cc(=O)[nH]c2ccc(NC(=O)OCc3ccccc3)cc12. The molecule has 0 unspecified atom stereocenters. The van der Waals surface area contributed by atoms with Gasteiger partial charge in [-0.2, -0.15) is 0 Å². The van der Waals surface area contributed by atoms with Gasteiger partial charge in [0.05, 0.1) is 0 Å². The van der Waals surface area contributed by atoms with Crippen molar-refractivity contribution in [3.8, 4) is 0 Å². The highest BCUT2D eigenvalue weighted by atomic mass is 16.5. The summed E-state index contributed by atoms with van der Waals surface area (Å²) in [7, 11) is 0. The Labute approximate surface area is 132 Å². The minimum absolute atomic E-state index is 0.141. The zero-order chi connectivity index (χ0) is 16.2. The number of H-pyrrole nitrogens is 1. The molecule has 0 aliphatic heterocycles. The van der Waals surface area contributed by atoms with Gasteiger partial charge in [-0.3, -0.25) is 10.1 Å². The van der Waals surface area contributed by atoms with Crippen molar-refractivity contribution in [2.24, 2.45) is 0 Å². The smallest absolute Gasteiger partial charge is 0.411 e. The summed E-state index contributed by atoms with van der Waals surface area (Å²) in [4.78, 5) is 26.1. The molecule has 3 aromatic rings. The first kappa shape index (κ1) is 14.8. The third-order valence-corrected chi connectivity index (χ3v) is 3.51. The van der Waals surface area contributed by atoms with Crippen LogP contribution in [0.1, 0.15) is 11.1 Å². The molecule has 0 bridgehead atoms. The maximum Gasteiger partial charge on any atom is 0.411 e. The van der Waals surface area contributed by atoms with Gasteiger partial charge in [-0.15, -0.1) is 0 Å². The molecule has 0 saturated heterocycles. The molecule has 2 N–H and O–H groups in total. The minimum atomic E-state index is -0.518. The lowest BCUT2D eigenvalue weighted by atomic mass is 10.1. The van der Waals surface area contributed by atoms with E-state index in [-0.39, 0.29) is 12.2 Å². The topological polar surface area (TPSA) is 71.2 Å². The first-order valence-corrected chi connectivity index (χ1v) is 7.23. The number of aromatic nitrogens is 1. The van der Waals surface area contributed by atoms with Gasteiger partial charge >= 0.3 is 6.09 Å². The highest BCUT2D eigenvalue weighted by Gasteiger charge is 2.06. The van der Waals surface area contributed by atoms with Crippen LogP contribution in [-0.2, 0) is 11.3 Å². The van der Waals surface area contributed by atoms with Crippen LogP contribution in [0.25, 0.3) is 10.9 Å². The lowest BCUT2D eigenvalue weighted by molar-refractivity contribution is 0.155. The molecule has 3 rings (SSSR count). The van der Waals surface area contributed by atoms with Crippen LogP contribution in [-0.4, -0.2) is 11.1 Å². The fourth-order valence-electron chi connectivity index (χ4n) is 2.38. The second kappa shape index (κ2) is 6.36. The summed E-state index contributed by atoms with van der Waals surface area (Å²) >= 11 is 0. The van der Waals surface area contributed by atoms with E-state index in [0.717, 1.165) is 22.0 Å². The Morgan fingerprint density at radius 1 is 1.13 bits per heavy atom. The summed E-state index contributed by atoms with van der Waals surface area (Å²) in [5, 5.41) is 3.57. The summed E-state index contributed by atoms with van der Waals surface area (Å²) in [5.41, 5.74) is 2.99. The Morgan fingerprint density at radius 2 is 1.91 bits per heavy atom. The molecule has 5 heteroatoms. The van der Waals surface area contributed by atoms with Crippen LogP contribution < -0.4 is 10.9 Å². The maximum atomic E-state index is 11.9. The minimum Gasteiger partial charge on any atom is -0.444 e. The molecule has 0 fully saturated rings. The first-order chi connectivity index (χ1) is 11.1. The van der Waals surface area contributed by atoms with E-state index in [9.17, 15) is 9.59 Å². The number of ether oxygens (including phenoxy) is 1. The Bertz CT molecular complexity index is 901. The molecule has 1 aromatic heterocycles. The molecule has 5 nitrogen and oxygen atoms in total. The van der Waals surface area contributed by atoms with Gasteiger partial charge in [-0.05, 0) is 36.2 Å². The second-order valence-electron chi connectivity index (χ2n) is 5.26. The summed E-state index contributed by atoms with van der Waals surface area (Å²) < 4.78 is 5.19. The lowest BCUT2D eigenvalue weighted by Crippen LogP contribution is -2.13. The average molecular weight is 308 g/mol. The van der Waals surface area contributed by atoms with Crippen LogP contribution in [0.5, 0.6) is 0 Å². The molecule has 0 aliphatic rings. The van der Waals surface area contributed by atoms with Crippen molar-refractivity contribution in [2.75, 3.05) is 5.32 Å². The molecule has 0 saturated carbocycles. The van der Waals surface area contributed by atoms with Gasteiger partial charge < -0.3 is 9.72 Å². The van der Waals surface area contributed by atoms with Crippen molar-refractivity contribution in [3.05, 3.63) is 76.1 Å². The molecule has 23 heavy (non-hydrogen) atoms. The van der Waals surface area contributed by atoms with Crippen LogP contribution >= 0.6 is 0 Å². The van der Waals surface area contributed by atoms with E-state index in [1.807, 2.05) is 43.3 Å². The number of rotatable bonds is 3. The Kier molecular flexibility index (Phi) is 4.10. The quantitative estimate of drug-likeness (QED) is 0.777. The number of carbonyl (C=O) groups is 1. The van der Waals surface area contributed by atoms with E-state index in [0.29, 0.717) is 5.69 Å². The van der Waals surface area contributed by atoms with Crippen molar-refractivity contribution in [3.63, 3.8) is 0 Å². The van der Waals surface area contributed by atoms with E-state index in [2.05, 4.69) is 10.3 Å². The van der Waals surface area contributed by atoms with E-state index < -0.39 is 6.09 Å². The van der Waals surface area contributed by atoms with Gasteiger partial charge in [0.1, 0.15) is 6.61 Å². The van der Waals surface area contributed by atoms with Crippen LogP contribution in [0.15, 0.2) is 59.4 Å². The number of pyridine rings is 1. The van der Waals surface area contributed by atoms with E-state index in [1.54, 1.807) is 12.1 Å². The predicted octanol–water partition coefficient (Wildman–Crippen LogP) is 3.59. The summed E-state index contributed by atoms with van der Waals surface area (Å²) in [6.45, 7) is 2.07. The highest BCUT2D eigenvalue weighted by Crippen LogP contribution is 2.19. The largest absolute Gasteiger partial charge is 0.444 e. The fraction of sp³-hybridized carbons (Fsp3) is 0.111. The summed E-state index contributed by atoms with van der Waals surface area (Å²) in [5.74, 6) is 0. The number of aromatic amines is 1. The molecule has 0 aliphatic carbocycles. The fourth-order valence-corrected chi connectivity index (χ4v) is 2.38. The van der Waals surface area contributed by atoms with E-state index in [4.69, 9.17) is 4.74 Å². The predicted molar refractivity (Wildman–Crippen MR) is 89.6 cm³/mol. The molecule has 0 spiro atoms. The number of carbonyl (C=O) groups excluding carboxylic acids is 1. The third-order valence-electron chi connectivity index (χ3n) is 3.51. The Hall–Kier alpha value is -3.08. The number of anilines is 1. The van der Waals surface area contributed by atoms with Gasteiger partial charge in [-0.25, -0.2) is 4.79 Å². The van der Waals surface area contributed by atoms with Gasteiger partial charge in [0, 0.05) is 22.7 Å². The molecule has 116 valence electrons. The van der Waals surface area contributed by atoms with Crippen molar-refractivity contribution >= 4 is 22.7 Å². The molecular formula is C18H16N2O3. The first-order valence-electron chi connectivity index (χ1n) is 7.23. The van der Waals surface area contributed by atoms with Gasteiger partial charge in [0.15, 0.2) is 0 Å². The molecule has 1 heterocycles. The lowest BCUT2D eigenvalue weighted by Gasteiger charge is -2.09. The van der Waals surface area contributed by atoms with Crippen LogP contribution in [0.3, 0.4) is 0 Å². The standard InChI is InChI=1S/C18H16N2O3/c1-12-9-17(21)20-16-8-7-14(10-15(12)16)19-18(22)23-11-13-5-3-2-4-6-13/h2-10H,11H2,1H3,(H,19,22)(H,20,21). The monoisotopic (exact) mass is 308 g/mol. The van der Waals surface area contributed by atoms with Crippen LogP contribution in [0, 0.1) is 6.92 Å². The molecule has 2 aromatic carbocycles. The van der Waals surface area contributed by atoms with Gasteiger partial charge in [0.25, 0.3) is 0 Å². The van der Waals surface area contributed by atoms with Crippen molar-refractivity contribution in [1.29, 1.82) is 0 Å². The maximum absolute atomic E-state index is 11.9. The number of amides is 1. The zero-order valence-electron chi connectivity index (χ0n) is 12.6. The normalized spacial score (nSPS) is 10.5. The third kappa shape index (κ3) is 3.58. The van der Waals surface area contributed by atoms with Crippen molar-refractivity contribution < 1.29 is 9.53 Å². The Morgan fingerprint density at radius 3 is 2.70 bits per heavy atom. The molecule has 1 amide bonds. The number of nitrogens with one attached hydrogen (secondary N) is 2. The van der Waals surface area contributed by atoms with Gasteiger partial charge in [-0.1, -0.05) is 30.3 Å². The number of benzene rings is 2. The summed E-state index contributed by atoms with van der Waals surface area (Å²) in [6.07, 6.45) is -0.518. The zero-order valence-corrected chi connectivity index (χ0v) is 12.6. The Balaban J connectivity index is 1.71. The number of fused-ring (bicyclic) bond motifs is 1. The van der Waals surface area contributed by atoms with Crippen molar-refractivity contribution in [1.82, 2.24) is 4.98 Å². The number of hydrogen-bond acceptors (Lipinski definition) is 3. The second-order valence-corrected chi connectivity index (χ2v) is 5.26. The van der Waals surface area contributed by atoms with Gasteiger partial charge in [0.2, 0.25) is 5.56 Å².